The Morgan fingerprint density at radius 3 is 2.60 bits per heavy atom. The maximum atomic E-state index is 12.7. The van der Waals surface area contributed by atoms with Crippen LogP contribution in [0.5, 0.6) is 0 Å². The minimum absolute atomic E-state index is 0.509. The number of halogens is 3. The summed E-state index contributed by atoms with van der Waals surface area (Å²) in [5, 5.41) is 7.30. The van der Waals surface area contributed by atoms with E-state index in [1.165, 1.54) is 18.5 Å². The van der Waals surface area contributed by atoms with Crippen LogP contribution in [0.2, 0.25) is 0 Å². The van der Waals surface area contributed by atoms with Gasteiger partial charge < -0.3 is 10.1 Å². The third-order valence-corrected chi connectivity index (χ3v) is 3.63. The van der Waals surface area contributed by atoms with Crippen LogP contribution in [0.4, 0.5) is 19.0 Å². The van der Waals surface area contributed by atoms with Gasteiger partial charge in [-0.05, 0) is 18.6 Å². The molecule has 0 radical (unpaired) electrons. The number of nitrogens with one attached hydrogen (secondary N) is 1. The van der Waals surface area contributed by atoms with Crippen LogP contribution in [-0.4, -0.2) is 39.8 Å². The van der Waals surface area contributed by atoms with Gasteiger partial charge in [0.25, 0.3) is 0 Å². The minimum Gasteiger partial charge on any atom is -0.385 e. The van der Waals surface area contributed by atoms with Gasteiger partial charge in [0.1, 0.15) is 6.33 Å². The smallest absolute Gasteiger partial charge is 0.385 e. The molecule has 0 atom stereocenters. The monoisotopic (exact) mass is 351 g/mol. The number of ether oxygens (including phenoxy) is 1. The van der Waals surface area contributed by atoms with Crippen molar-refractivity contribution in [3.8, 4) is 11.3 Å². The van der Waals surface area contributed by atoms with Crippen LogP contribution in [-0.2, 0) is 10.9 Å². The van der Waals surface area contributed by atoms with Crippen molar-refractivity contribution in [2.75, 3.05) is 25.6 Å². The highest BCUT2D eigenvalue weighted by atomic mass is 19.4. The molecule has 3 aromatic rings. The molecule has 1 aromatic carbocycles. The first-order valence-corrected chi connectivity index (χ1v) is 7.60. The normalized spacial score (nSPS) is 11.8. The Bertz CT molecular complexity index is 845. The van der Waals surface area contributed by atoms with E-state index < -0.39 is 11.7 Å². The van der Waals surface area contributed by atoms with E-state index in [1.54, 1.807) is 17.8 Å². The Kier molecular flexibility index (Phi) is 4.84. The Hall–Kier alpha value is -2.68. The lowest BCUT2D eigenvalue weighted by atomic mass is 10.1. The largest absolute Gasteiger partial charge is 0.416 e. The van der Waals surface area contributed by atoms with Crippen molar-refractivity contribution in [1.29, 1.82) is 0 Å². The molecule has 0 unspecified atom stereocenters. The summed E-state index contributed by atoms with van der Waals surface area (Å²) in [6, 6.07) is 4.89. The van der Waals surface area contributed by atoms with Crippen molar-refractivity contribution in [2.45, 2.75) is 12.6 Å². The fraction of sp³-hybridized carbons (Fsp3) is 0.312. The van der Waals surface area contributed by atoms with Gasteiger partial charge in [0.15, 0.2) is 11.5 Å². The molecule has 9 heteroatoms. The zero-order valence-electron chi connectivity index (χ0n) is 13.4. The van der Waals surface area contributed by atoms with Gasteiger partial charge in [-0.15, -0.1) is 0 Å². The van der Waals surface area contributed by atoms with Crippen molar-refractivity contribution in [2.24, 2.45) is 0 Å². The van der Waals surface area contributed by atoms with Gasteiger partial charge in [-0.3, -0.25) is 0 Å². The minimum atomic E-state index is -4.36. The summed E-state index contributed by atoms with van der Waals surface area (Å²) in [4.78, 5) is 8.45. The molecule has 0 bridgehead atoms. The third kappa shape index (κ3) is 3.71. The number of methoxy groups -OCH3 is 1. The molecule has 0 fully saturated rings. The second-order valence-corrected chi connectivity index (χ2v) is 5.34. The van der Waals surface area contributed by atoms with E-state index in [2.05, 4.69) is 20.4 Å². The molecule has 25 heavy (non-hydrogen) atoms. The van der Waals surface area contributed by atoms with E-state index in [4.69, 9.17) is 4.74 Å². The lowest BCUT2D eigenvalue weighted by Gasteiger charge is -2.08. The number of anilines is 1. The first-order valence-electron chi connectivity index (χ1n) is 7.60. The third-order valence-electron chi connectivity index (χ3n) is 3.63. The van der Waals surface area contributed by atoms with Gasteiger partial charge in [0.2, 0.25) is 0 Å². The Balaban J connectivity index is 1.88. The van der Waals surface area contributed by atoms with Crippen LogP contribution < -0.4 is 5.32 Å². The molecule has 2 heterocycles. The fourth-order valence-electron chi connectivity index (χ4n) is 2.39. The molecular weight excluding hydrogens is 335 g/mol. The van der Waals surface area contributed by atoms with E-state index >= 15 is 0 Å². The number of nitrogens with zero attached hydrogens (tertiary/aromatic N) is 4. The van der Waals surface area contributed by atoms with Crippen LogP contribution in [0, 0.1) is 0 Å². The quantitative estimate of drug-likeness (QED) is 0.691. The first-order chi connectivity index (χ1) is 12.0. The van der Waals surface area contributed by atoms with Crippen molar-refractivity contribution in [3.63, 3.8) is 0 Å². The summed E-state index contributed by atoms with van der Waals surface area (Å²) in [7, 11) is 1.63. The zero-order chi connectivity index (χ0) is 17.9. The number of imidazole rings is 1. The molecule has 0 aliphatic carbocycles. The predicted octanol–water partition coefficient (Wildman–Crippen LogP) is 3.26. The number of rotatable bonds is 6. The molecule has 3 rings (SSSR count). The number of fused-ring (bicyclic) bond motifs is 1. The maximum absolute atomic E-state index is 12.7. The van der Waals surface area contributed by atoms with E-state index in [0.717, 1.165) is 18.6 Å². The molecule has 0 saturated heterocycles. The number of hydrogen-bond acceptors (Lipinski definition) is 5. The van der Waals surface area contributed by atoms with Crippen molar-refractivity contribution in [3.05, 3.63) is 42.4 Å². The summed E-state index contributed by atoms with van der Waals surface area (Å²) in [5.74, 6) is 0.560. The van der Waals surface area contributed by atoms with E-state index in [-0.39, 0.29) is 0 Å². The van der Waals surface area contributed by atoms with Crippen molar-refractivity contribution >= 4 is 11.5 Å². The Morgan fingerprint density at radius 1 is 1.16 bits per heavy atom. The SMILES string of the molecule is COCCCNc1ncnn2c(-c3ccc(C(F)(F)F)cc3)cnc12. The molecule has 132 valence electrons. The summed E-state index contributed by atoms with van der Waals surface area (Å²) >= 11 is 0. The summed E-state index contributed by atoms with van der Waals surface area (Å²) in [5.41, 5.74) is 0.991. The highest BCUT2D eigenvalue weighted by molar-refractivity contribution is 5.69. The van der Waals surface area contributed by atoms with Crippen LogP contribution >= 0.6 is 0 Å². The summed E-state index contributed by atoms with van der Waals surface area (Å²) in [6.45, 7) is 1.28. The van der Waals surface area contributed by atoms with Gasteiger partial charge in [-0.25, -0.2) is 14.5 Å². The van der Waals surface area contributed by atoms with Crippen LogP contribution in [0.25, 0.3) is 16.9 Å². The molecule has 1 N–H and O–H groups in total. The number of aromatic nitrogens is 4. The molecule has 6 nitrogen and oxygen atoms in total. The fourth-order valence-corrected chi connectivity index (χ4v) is 2.39. The number of benzene rings is 1. The average molecular weight is 351 g/mol. The van der Waals surface area contributed by atoms with Crippen LogP contribution in [0.1, 0.15) is 12.0 Å². The molecule has 0 aliphatic rings. The second kappa shape index (κ2) is 7.06. The van der Waals surface area contributed by atoms with Crippen molar-refractivity contribution < 1.29 is 17.9 Å². The molecule has 0 saturated carbocycles. The highest BCUT2D eigenvalue weighted by Gasteiger charge is 2.30. The van der Waals surface area contributed by atoms with E-state index in [1.807, 2.05) is 0 Å². The molecule has 0 aliphatic heterocycles. The molecule has 0 spiro atoms. The van der Waals surface area contributed by atoms with Crippen LogP contribution in [0.3, 0.4) is 0 Å². The van der Waals surface area contributed by atoms with Crippen molar-refractivity contribution in [1.82, 2.24) is 19.6 Å². The lowest BCUT2D eigenvalue weighted by molar-refractivity contribution is -0.137. The summed E-state index contributed by atoms with van der Waals surface area (Å²) < 4.78 is 44.6. The zero-order valence-corrected chi connectivity index (χ0v) is 13.4. The topological polar surface area (TPSA) is 64.3 Å². The standard InChI is InChI=1S/C16H16F3N5O/c1-25-8-2-7-20-14-15-21-9-13(24(15)23-10-22-14)11-3-5-12(6-4-11)16(17,18)19/h3-6,9-10H,2,7-8H2,1H3,(H,20,22,23). The number of alkyl halides is 3. The molecular formula is C16H16F3N5O. The van der Waals surface area contributed by atoms with E-state index in [9.17, 15) is 13.2 Å². The van der Waals surface area contributed by atoms with Gasteiger partial charge >= 0.3 is 6.18 Å². The summed E-state index contributed by atoms with van der Waals surface area (Å²) in [6.07, 6.45) is -0.619. The lowest BCUT2D eigenvalue weighted by Crippen LogP contribution is -2.08. The Morgan fingerprint density at radius 2 is 1.92 bits per heavy atom. The number of hydrogen-bond donors (Lipinski definition) is 1. The predicted molar refractivity (Wildman–Crippen MR) is 86.2 cm³/mol. The highest BCUT2D eigenvalue weighted by Crippen LogP contribution is 2.31. The van der Waals surface area contributed by atoms with Gasteiger partial charge in [-0.1, -0.05) is 12.1 Å². The van der Waals surface area contributed by atoms with Gasteiger partial charge in [0, 0.05) is 25.8 Å². The average Bonchev–Trinajstić information content (AvgIpc) is 3.03. The Labute approximate surface area is 141 Å². The van der Waals surface area contributed by atoms with Gasteiger partial charge in [0.05, 0.1) is 17.5 Å². The second-order valence-electron chi connectivity index (χ2n) is 5.34. The van der Waals surface area contributed by atoms with E-state index in [0.29, 0.717) is 35.9 Å². The first kappa shape index (κ1) is 17.2. The molecule has 2 aromatic heterocycles. The maximum Gasteiger partial charge on any atom is 0.416 e. The molecule has 0 amide bonds. The van der Waals surface area contributed by atoms with Gasteiger partial charge in [-0.2, -0.15) is 18.3 Å². The van der Waals surface area contributed by atoms with Crippen LogP contribution in [0.15, 0.2) is 36.8 Å².